The quantitative estimate of drug-likeness (QED) is 0.404. The summed E-state index contributed by atoms with van der Waals surface area (Å²) in [6.45, 7) is 8.03. The zero-order valence-electron chi connectivity index (χ0n) is 20.8. The number of esters is 1. The van der Waals surface area contributed by atoms with Gasteiger partial charge in [-0.05, 0) is 75.1 Å². The average molecular weight is 454 g/mol. The maximum atomic E-state index is 12.2. The third-order valence-electron chi connectivity index (χ3n) is 5.54. The molecule has 0 aromatic heterocycles. The molecule has 5 nitrogen and oxygen atoms in total. The van der Waals surface area contributed by atoms with Crippen molar-refractivity contribution in [2.75, 3.05) is 13.7 Å². The Labute approximate surface area is 198 Å². The Morgan fingerprint density at radius 2 is 1.42 bits per heavy atom. The molecule has 1 atom stereocenters. The minimum absolute atomic E-state index is 0.249. The molecule has 0 aliphatic rings. The van der Waals surface area contributed by atoms with E-state index in [4.69, 9.17) is 9.47 Å². The van der Waals surface area contributed by atoms with Gasteiger partial charge in [0.05, 0.1) is 13.0 Å². The number of hydrogen-bond acceptors (Lipinski definition) is 4. The van der Waals surface area contributed by atoms with E-state index < -0.39 is 11.7 Å². The normalized spacial score (nSPS) is 12.2. The Kier molecular flexibility index (Phi) is 10.4. The van der Waals surface area contributed by atoms with E-state index in [2.05, 4.69) is 60.8 Å². The molecule has 2 rings (SSSR count). The molecule has 0 heterocycles. The van der Waals surface area contributed by atoms with Gasteiger partial charge in [0.1, 0.15) is 5.60 Å². The number of nitrogens with one attached hydrogen (secondary N) is 1. The second-order valence-corrected chi connectivity index (χ2v) is 9.47. The molecule has 0 radical (unpaired) electrons. The van der Waals surface area contributed by atoms with Gasteiger partial charge in [-0.15, -0.1) is 0 Å². The molecule has 2 aromatic rings. The maximum absolute atomic E-state index is 12.2. The number of unbranched alkanes of at least 4 members (excludes halogenated alkanes) is 1. The summed E-state index contributed by atoms with van der Waals surface area (Å²) in [5, 5.41) is 2.72. The lowest BCUT2D eigenvalue weighted by molar-refractivity contribution is -0.145. The molecule has 33 heavy (non-hydrogen) atoms. The zero-order chi connectivity index (χ0) is 24.3. The van der Waals surface area contributed by atoms with Crippen LogP contribution in [0.25, 0.3) is 11.1 Å². The summed E-state index contributed by atoms with van der Waals surface area (Å²) >= 11 is 0. The molecule has 0 spiro atoms. The highest BCUT2D eigenvalue weighted by atomic mass is 16.6. The van der Waals surface area contributed by atoms with Gasteiger partial charge in [0, 0.05) is 6.54 Å². The van der Waals surface area contributed by atoms with Gasteiger partial charge in [-0.2, -0.15) is 0 Å². The molecule has 0 unspecified atom stereocenters. The number of rotatable bonds is 11. The van der Waals surface area contributed by atoms with Gasteiger partial charge in [0.2, 0.25) is 0 Å². The molecule has 0 bridgehead atoms. The molecule has 1 amide bonds. The maximum Gasteiger partial charge on any atom is 0.407 e. The molecule has 2 aromatic carbocycles. The molecule has 0 aliphatic heterocycles. The van der Waals surface area contributed by atoms with Gasteiger partial charge >= 0.3 is 12.1 Å². The van der Waals surface area contributed by atoms with E-state index in [9.17, 15) is 9.59 Å². The van der Waals surface area contributed by atoms with Gasteiger partial charge in [0.25, 0.3) is 0 Å². The van der Waals surface area contributed by atoms with Crippen LogP contribution in [-0.2, 0) is 27.1 Å². The largest absolute Gasteiger partial charge is 0.469 e. The second-order valence-electron chi connectivity index (χ2n) is 9.47. The Morgan fingerprint density at radius 1 is 0.879 bits per heavy atom. The molecule has 180 valence electrons. The van der Waals surface area contributed by atoms with E-state index in [-0.39, 0.29) is 11.9 Å². The number of amides is 1. The van der Waals surface area contributed by atoms with Crippen molar-refractivity contribution in [3.63, 3.8) is 0 Å². The number of ether oxygens (including phenoxy) is 2. The third kappa shape index (κ3) is 9.68. The summed E-state index contributed by atoms with van der Waals surface area (Å²) in [6.07, 6.45) is 5.02. The Hall–Kier alpha value is -2.82. The van der Waals surface area contributed by atoms with Crippen LogP contribution in [0, 0.1) is 5.92 Å². The number of carbonyl (C=O) groups excluding carboxylic acids is 2. The van der Waals surface area contributed by atoms with Gasteiger partial charge < -0.3 is 14.8 Å². The summed E-state index contributed by atoms with van der Waals surface area (Å²) in [4.78, 5) is 24.0. The predicted molar refractivity (Wildman–Crippen MR) is 133 cm³/mol. The van der Waals surface area contributed by atoms with E-state index in [1.807, 2.05) is 20.8 Å². The number of carbonyl (C=O) groups is 2. The first-order valence-corrected chi connectivity index (χ1v) is 11.9. The summed E-state index contributed by atoms with van der Waals surface area (Å²) in [5.74, 6) is -0.527. The Balaban J connectivity index is 1.88. The minimum atomic E-state index is -0.547. The Bertz CT molecular complexity index is 866. The van der Waals surface area contributed by atoms with Crippen molar-refractivity contribution in [3.05, 3.63) is 59.7 Å². The fourth-order valence-electron chi connectivity index (χ4n) is 3.66. The fourth-order valence-corrected chi connectivity index (χ4v) is 3.66. The average Bonchev–Trinajstić information content (AvgIpc) is 2.79. The summed E-state index contributed by atoms with van der Waals surface area (Å²) in [5.41, 5.74) is 4.41. The number of benzene rings is 2. The van der Waals surface area contributed by atoms with Gasteiger partial charge in [-0.25, -0.2) is 4.79 Å². The van der Waals surface area contributed by atoms with Crippen LogP contribution < -0.4 is 5.32 Å². The van der Waals surface area contributed by atoms with Crippen molar-refractivity contribution in [2.24, 2.45) is 5.92 Å². The van der Waals surface area contributed by atoms with Crippen LogP contribution in [0.2, 0.25) is 0 Å². The van der Waals surface area contributed by atoms with E-state index in [0.717, 1.165) is 12.8 Å². The Morgan fingerprint density at radius 3 is 1.91 bits per heavy atom. The van der Waals surface area contributed by atoms with Crippen LogP contribution in [0.3, 0.4) is 0 Å². The first kappa shape index (κ1) is 26.4. The van der Waals surface area contributed by atoms with Crippen LogP contribution in [-0.4, -0.2) is 31.3 Å². The van der Waals surface area contributed by atoms with Crippen LogP contribution in [0.4, 0.5) is 4.79 Å². The first-order valence-electron chi connectivity index (χ1n) is 11.9. The van der Waals surface area contributed by atoms with Crippen molar-refractivity contribution in [2.45, 2.75) is 71.8 Å². The topological polar surface area (TPSA) is 64.6 Å². The summed E-state index contributed by atoms with van der Waals surface area (Å²) in [7, 11) is 1.40. The van der Waals surface area contributed by atoms with Crippen molar-refractivity contribution < 1.29 is 19.1 Å². The summed E-state index contributed by atoms with van der Waals surface area (Å²) in [6, 6.07) is 17.3. The van der Waals surface area contributed by atoms with Crippen molar-refractivity contribution in [3.8, 4) is 11.1 Å². The monoisotopic (exact) mass is 453 g/mol. The highest BCUT2D eigenvalue weighted by Gasteiger charge is 2.20. The number of methoxy groups -OCH3 is 1. The molecular formula is C28H39NO4. The molecule has 0 fully saturated rings. The predicted octanol–water partition coefficient (Wildman–Crippen LogP) is 6.33. The lowest BCUT2D eigenvalue weighted by Gasteiger charge is -2.20. The van der Waals surface area contributed by atoms with Crippen molar-refractivity contribution in [1.29, 1.82) is 0 Å². The van der Waals surface area contributed by atoms with Crippen molar-refractivity contribution in [1.82, 2.24) is 5.32 Å². The van der Waals surface area contributed by atoms with E-state index in [1.165, 1.54) is 42.2 Å². The summed E-state index contributed by atoms with van der Waals surface area (Å²) < 4.78 is 10.2. The van der Waals surface area contributed by atoms with Crippen LogP contribution in [0.1, 0.15) is 64.5 Å². The van der Waals surface area contributed by atoms with Crippen molar-refractivity contribution >= 4 is 12.1 Å². The molecule has 0 saturated carbocycles. The lowest BCUT2D eigenvalue weighted by Crippen LogP contribution is -2.34. The zero-order valence-corrected chi connectivity index (χ0v) is 20.8. The van der Waals surface area contributed by atoms with Gasteiger partial charge in [0.15, 0.2) is 0 Å². The fraction of sp³-hybridized carbons (Fsp3) is 0.500. The highest BCUT2D eigenvalue weighted by molar-refractivity contribution is 5.72. The molecule has 0 aliphatic carbocycles. The SMILES string of the molecule is CCCCc1ccc(-c2ccc(CC[C@@H](CCNC(=O)OC(C)(C)C)C(=O)OC)cc2)cc1. The number of aryl methyl sites for hydroxylation is 2. The minimum Gasteiger partial charge on any atom is -0.469 e. The van der Waals surface area contributed by atoms with Gasteiger partial charge in [-0.1, -0.05) is 61.9 Å². The second kappa shape index (κ2) is 13.0. The first-order chi connectivity index (χ1) is 15.7. The lowest BCUT2D eigenvalue weighted by atomic mass is 9.95. The molecular weight excluding hydrogens is 414 g/mol. The van der Waals surface area contributed by atoms with Crippen LogP contribution in [0.5, 0.6) is 0 Å². The van der Waals surface area contributed by atoms with Gasteiger partial charge in [-0.3, -0.25) is 4.79 Å². The number of alkyl carbamates (subject to hydrolysis) is 1. The smallest absolute Gasteiger partial charge is 0.407 e. The third-order valence-corrected chi connectivity index (χ3v) is 5.54. The number of hydrogen-bond donors (Lipinski definition) is 1. The standard InChI is InChI=1S/C28H39NO4/c1-6-7-8-21-9-14-23(15-10-21)24-16-11-22(12-17-24)13-18-25(26(30)32-5)19-20-29-27(31)33-28(2,3)4/h9-12,14-17,25H,6-8,13,18-20H2,1-5H3,(H,29,31)/t25-/m0/s1. The van der Waals surface area contributed by atoms with E-state index in [1.54, 1.807) is 0 Å². The van der Waals surface area contributed by atoms with Crippen LogP contribution in [0.15, 0.2) is 48.5 Å². The molecule has 0 saturated heterocycles. The molecule has 5 heteroatoms. The highest BCUT2D eigenvalue weighted by Crippen LogP contribution is 2.22. The molecule has 1 N–H and O–H groups in total. The van der Waals surface area contributed by atoms with Crippen LogP contribution >= 0.6 is 0 Å². The van der Waals surface area contributed by atoms with E-state index in [0.29, 0.717) is 19.4 Å². The van der Waals surface area contributed by atoms with E-state index >= 15 is 0 Å².